The summed E-state index contributed by atoms with van der Waals surface area (Å²) in [5.41, 5.74) is 0. The van der Waals surface area contributed by atoms with Gasteiger partial charge in [-0.3, -0.25) is 0 Å². The van der Waals surface area contributed by atoms with Crippen LogP contribution in [0.2, 0.25) is 50.4 Å². The Labute approximate surface area is 273 Å². The summed E-state index contributed by atoms with van der Waals surface area (Å²) in [6.07, 6.45) is 9.99. The van der Waals surface area contributed by atoms with E-state index in [0.29, 0.717) is 0 Å². The van der Waals surface area contributed by atoms with Gasteiger partial charge in [-0.15, -0.1) is 0 Å². The standard InChI is InChI=1S/C15H35O4Si4.3C3H3O.3V/c1-9-13-21(6)16-20(5,12-4)17-22(7,14-10-2)19-23(8,18-21)15-11-3;3*1-2-3-4;;;/h1-3,9-15H2,4-8H3;3*2H,1H2;;;/q-3;3*-1;3*+2. The summed E-state index contributed by atoms with van der Waals surface area (Å²) in [4.78, 5) is 26.8. The van der Waals surface area contributed by atoms with E-state index in [9.17, 15) is 0 Å². The average molecular weight is 710 g/mol. The van der Waals surface area contributed by atoms with Gasteiger partial charge in [0.25, 0.3) is 0 Å². The first-order valence-electron chi connectivity index (χ1n) is 11.5. The summed E-state index contributed by atoms with van der Waals surface area (Å²) in [7, 11) is -9.35. The van der Waals surface area contributed by atoms with Crippen molar-refractivity contribution < 1.29 is 86.5 Å². The third-order valence-corrected chi connectivity index (χ3v) is 23.4. The second-order valence-corrected chi connectivity index (χ2v) is 22.6. The first-order valence-corrected chi connectivity index (χ1v) is 21.6. The predicted octanol–water partition coefficient (Wildman–Crippen LogP) is 5.89. The van der Waals surface area contributed by atoms with Crippen LogP contribution >= 0.6 is 0 Å². The molecule has 0 aromatic rings. The Bertz CT molecular complexity index is 578. The molecule has 1 aliphatic heterocycles. The fourth-order valence-corrected chi connectivity index (χ4v) is 25.6. The van der Waals surface area contributed by atoms with Gasteiger partial charge in [-0.2, -0.15) is 19.3 Å². The molecule has 2 unspecified atom stereocenters. The SMILES string of the molecule is C=C[C-]=O.C=C[C-]=O.C=C[C-]=O.[CH2-]CC[Si]1(C)O[Si](C)(CC)O[Si](C)(CC[CH2-])O[Si](C)(CC[CH2-])O1.[V+2].[V+2].[V+2]. The van der Waals surface area contributed by atoms with Crippen LogP contribution in [0.5, 0.6) is 0 Å². The second kappa shape index (κ2) is 29.2. The molecule has 1 heterocycles. The molecule has 2 atom stereocenters. The Morgan fingerprint density at radius 1 is 0.579 bits per heavy atom. The Hall–Kier alpha value is 0.691. The molecule has 1 aliphatic rings. The largest absolute Gasteiger partial charge is 2.00 e. The molecule has 0 amide bonds. The zero-order valence-electron chi connectivity index (χ0n) is 23.6. The van der Waals surface area contributed by atoms with Crippen LogP contribution in [-0.2, 0) is 86.5 Å². The Kier molecular flexibility index (Phi) is 39.5. The summed E-state index contributed by atoms with van der Waals surface area (Å²) >= 11 is 0. The van der Waals surface area contributed by atoms with Gasteiger partial charge in [-0.25, -0.2) is 38.0 Å². The third kappa shape index (κ3) is 25.6. The van der Waals surface area contributed by atoms with Crippen LogP contribution in [-0.4, -0.2) is 53.1 Å². The molecular formula is C24H44O7Si4V3. The average Bonchev–Trinajstić information content (AvgIpc) is 2.78. The third-order valence-electron chi connectivity index (χ3n) is 4.51. The van der Waals surface area contributed by atoms with E-state index < -0.39 is 34.2 Å². The van der Waals surface area contributed by atoms with Gasteiger partial charge in [0.15, 0.2) is 0 Å². The molecule has 38 heavy (non-hydrogen) atoms. The number of allylic oxidation sites excluding steroid dienone is 3. The fraction of sp³-hybridized carbons (Fsp3) is 0.500. The topological polar surface area (TPSA) is 88.1 Å². The molecule has 0 aromatic heterocycles. The van der Waals surface area contributed by atoms with Gasteiger partial charge in [0, 0.05) is 0 Å². The van der Waals surface area contributed by atoms with Crippen molar-refractivity contribution in [3.63, 3.8) is 0 Å². The van der Waals surface area contributed by atoms with Crippen LogP contribution in [0, 0.1) is 20.8 Å². The van der Waals surface area contributed by atoms with Crippen molar-refractivity contribution in [2.75, 3.05) is 0 Å². The van der Waals surface area contributed by atoms with Crippen LogP contribution in [0.3, 0.4) is 0 Å². The summed E-state index contributed by atoms with van der Waals surface area (Å²) in [5.74, 6) is 0. The van der Waals surface area contributed by atoms with Crippen LogP contribution in [0.1, 0.15) is 26.2 Å². The number of hydrogen-bond acceptors (Lipinski definition) is 7. The van der Waals surface area contributed by atoms with Gasteiger partial charge in [0.1, 0.15) is 0 Å². The molecule has 1 fully saturated rings. The van der Waals surface area contributed by atoms with Crippen LogP contribution in [0.4, 0.5) is 0 Å². The Morgan fingerprint density at radius 3 is 0.895 bits per heavy atom. The van der Waals surface area contributed by atoms with Gasteiger partial charge in [-0.05, 0) is 69.2 Å². The van der Waals surface area contributed by atoms with E-state index in [0.717, 1.165) is 61.7 Å². The molecule has 0 spiro atoms. The quantitative estimate of drug-likeness (QED) is 0.159. The van der Waals surface area contributed by atoms with Crippen molar-refractivity contribution in [3.05, 3.63) is 58.7 Å². The molecule has 0 aromatic carbocycles. The van der Waals surface area contributed by atoms with Gasteiger partial charge < -0.3 is 51.6 Å². The summed E-state index contributed by atoms with van der Waals surface area (Å²) in [6.45, 7) is 32.0. The maximum Gasteiger partial charge on any atom is 2.00 e. The summed E-state index contributed by atoms with van der Waals surface area (Å²) in [6, 6.07) is 3.56. The van der Waals surface area contributed by atoms with Crippen molar-refractivity contribution in [1.29, 1.82) is 0 Å². The van der Waals surface area contributed by atoms with Gasteiger partial charge in [0.2, 0.25) is 0 Å². The minimum atomic E-state index is -2.36. The van der Waals surface area contributed by atoms with Crippen LogP contribution in [0.25, 0.3) is 0 Å². The summed E-state index contributed by atoms with van der Waals surface area (Å²) in [5, 5.41) is 0. The first kappa shape index (κ1) is 51.4. The van der Waals surface area contributed by atoms with Gasteiger partial charge in [-0.1, -0.05) is 6.92 Å². The van der Waals surface area contributed by atoms with Gasteiger partial charge >= 0.3 is 89.9 Å². The Balaban J connectivity index is -0.000000144. The first-order chi connectivity index (χ1) is 16.3. The molecule has 14 heteroatoms. The minimum absolute atomic E-state index is 0. The zero-order valence-corrected chi connectivity index (χ0v) is 31.8. The number of carbonyl (C=O) groups excluding carboxylic acids is 3. The maximum absolute atomic E-state index is 8.93. The summed E-state index contributed by atoms with van der Waals surface area (Å²) < 4.78 is 26.8. The number of rotatable bonds is 10. The van der Waals surface area contributed by atoms with E-state index in [4.69, 9.17) is 30.8 Å². The van der Waals surface area contributed by atoms with E-state index >= 15 is 0 Å². The van der Waals surface area contributed by atoms with Crippen molar-refractivity contribution in [1.82, 2.24) is 0 Å². The zero-order chi connectivity index (χ0) is 28.0. The molecule has 213 valence electrons. The molecule has 1 rings (SSSR count). The molecule has 0 aliphatic carbocycles. The minimum Gasteiger partial charge on any atom is -0.419 e. The van der Waals surface area contributed by atoms with E-state index in [-0.39, 0.29) is 55.7 Å². The number of hydrogen-bond donors (Lipinski definition) is 0. The van der Waals surface area contributed by atoms with E-state index in [2.05, 4.69) is 73.6 Å². The molecular weight excluding hydrogens is 665 g/mol. The van der Waals surface area contributed by atoms with Crippen LogP contribution in [0.15, 0.2) is 38.0 Å². The second-order valence-electron chi connectivity index (χ2n) is 8.07. The van der Waals surface area contributed by atoms with Crippen molar-refractivity contribution in [2.24, 2.45) is 0 Å². The normalized spacial score (nSPS) is 27.2. The molecule has 0 saturated carbocycles. The molecule has 0 N–H and O–H groups in total. The molecule has 1 saturated heterocycles. The molecule has 0 bridgehead atoms. The van der Waals surface area contributed by atoms with Crippen molar-refractivity contribution in [2.45, 2.75) is 76.6 Å². The van der Waals surface area contributed by atoms with E-state index in [1.807, 2.05) is 0 Å². The van der Waals surface area contributed by atoms with Crippen LogP contribution < -0.4 is 0 Å². The Morgan fingerprint density at radius 2 is 0.763 bits per heavy atom. The smallest absolute Gasteiger partial charge is 0.419 e. The predicted molar refractivity (Wildman–Crippen MR) is 153 cm³/mol. The van der Waals surface area contributed by atoms with Gasteiger partial charge in [0.05, 0.1) is 0 Å². The fourth-order valence-electron chi connectivity index (χ4n) is 3.32. The molecule has 7 nitrogen and oxygen atoms in total. The maximum atomic E-state index is 8.93. The molecule has 3 radical (unpaired) electrons. The monoisotopic (exact) mass is 709 g/mol. The van der Waals surface area contributed by atoms with E-state index in [1.54, 1.807) is 0 Å². The van der Waals surface area contributed by atoms with Crippen molar-refractivity contribution in [3.8, 4) is 0 Å². The van der Waals surface area contributed by atoms with E-state index in [1.165, 1.54) is 18.9 Å². The van der Waals surface area contributed by atoms with Crippen molar-refractivity contribution >= 4 is 53.1 Å².